The van der Waals surface area contributed by atoms with E-state index in [0.717, 1.165) is 0 Å². The van der Waals surface area contributed by atoms with Crippen molar-refractivity contribution in [3.05, 3.63) is 185 Å². The van der Waals surface area contributed by atoms with Gasteiger partial charge in [-0.1, -0.05) is 128 Å². The molecule has 0 atom stereocenters. The Kier molecular flexibility index (Phi) is 8.24. The van der Waals surface area contributed by atoms with Crippen molar-refractivity contribution in [1.29, 1.82) is 0 Å². The number of carbonyl (C=O) groups is 4. The lowest BCUT2D eigenvalue weighted by Gasteiger charge is -2.09. The lowest BCUT2D eigenvalue weighted by atomic mass is 10.1. The molecule has 220 valence electrons. The van der Waals surface area contributed by atoms with Gasteiger partial charge in [0, 0.05) is 22.3 Å². The quantitative estimate of drug-likeness (QED) is 0.195. The van der Waals surface area contributed by atoms with Crippen molar-refractivity contribution in [2.45, 2.75) is 0 Å². The summed E-state index contributed by atoms with van der Waals surface area (Å²) in [6.07, 6.45) is 0. The summed E-state index contributed by atoms with van der Waals surface area (Å²) in [4.78, 5) is 79.6. The monoisotopic (exact) mass is 602 g/mol. The Morgan fingerprint density at radius 2 is 0.565 bits per heavy atom. The van der Waals surface area contributed by atoms with Crippen molar-refractivity contribution in [2.75, 3.05) is 0 Å². The first-order chi connectivity index (χ1) is 22.4. The van der Waals surface area contributed by atoms with Crippen LogP contribution in [0.4, 0.5) is 0 Å². The topological polar surface area (TPSA) is 146 Å². The van der Waals surface area contributed by atoms with E-state index in [2.05, 4.69) is 36.5 Å². The SMILES string of the molecule is C=C(c1ccccc1)c1nc(C(=O)c2ccccc2)nc(C(=O)c2nc(C(=O)c3ccccc3)nc(C(=O)c3ccccc3)n2)n1. The van der Waals surface area contributed by atoms with E-state index in [9.17, 15) is 19.2 Å². The van der Waals surface area contributed by atoms with Crippen LogP contribution in [0.15, 0.2) is 128 Å². The number of ketones is 4. The molecule has 10 nitrogen and oxygen atoms in total. The number of benzene rings is 4. The normalized spacial score (nSPS) is 10.6. The fraction of sp³-hybridized carbons (Fsp3) is 0. The number of hydrogen-bond acceptors (Lipinski definition) is 10. The van der Waals surface area contributed by atoms with Gasteiger partial charge in [0.2, 0.25) is 46.5 Å². The van der Waals surface area contributed by atoms with Gasteiger partial charge in [-0.25, -0.2) is 29.9 Å². The zero-order chi connectivity index (χ0) is 32.0. The molecule has 2 aromatic heterocycles. The number of nitrogens with zero attached hydrogens (tertiary/aromatic N) is 6. The van der Waals surface area contributed by atoms with Crippen LogP contribution in [0.1, 0.15) is 76.4 Å². The molecular weight excluding hydrogens is 580 g/mol. The highest BCUT2D eigenvalue weighted by molar-refractivity contribution is 6.12. The zero-order valence-electron chi connectivity index (χ0n) is 24.1. The summed E-state index contributed by atoms with van der Waals surface area (Å²) in [5.41, 5.74) is 1.74. The summed E-state index contributed by atoms with van der Waals surface area (Å²) in [7, 11) is 0. The summed E-state index contributed by atoms with van der Waals surface area (Å²) >= 11 is 0. The maximum absolute atomic E-state index is 14.0. The van der Waals surface area contributed by atoms with Crippen molar-refractivity contribution in [3.8, 4) is 0 Å². The van der Waals surface area contributed by atoms with E-state index in [0.29, 0.717) is 11.1 Å². The predicted octanol–water partition coefficient (Wildman–Crippen LogP) is 5.04. The van der Waals surface area contributed by atoms with E-state index >= 15 is 0 Å². The first kappa shape index (κ1) is 29.4. The average Bonchev–Trinajstić information content (AvgIpc) is 3.14. The first-order valence-electron chi connectivity index (χ1n) is 14.0. The number of aromatic nitrogens is 6. The van der Waals surface area contributed by atoms with Gasteiger partial charge < -0.3 is 0 Å². The highest BCUT2D eigenvalue weighted by Crippen LogP contribution is 2.20. The highest BCUT2D eigenvalue weighted by atomic mass is 16.1. The lowest BCUT2D eigenvalue weighted by Crippen LogP contribution is -2.22. The molecule has 6 aromatic rings. The van der Waals surface area contributed by atoms with Crippen molar-refractivity contribution in [2.24, 2.45) is 0 Å². The lowest BCUT2D eigenvalue weighted by molar-refractivity contribution is 0.101. The molecule has 0 unspecified atom stereocenters. The van der Waals surface area contributed by atoms with E-state index in [1.165, 1.54) is 0 Å². The number of carbonyl (C=O) groups excluding carboxylic acids is 4. The standard InChI is InChI=1S/C36H22N6O4/c1-22(23-14-6-2-7-15-23)31-37-32(27(43)24-16-8-3-9-17-24)40-35(38-31)30(46)36-41-33(28(44)25-18-10-4-11-19-25)39-34(42-36)29(45)26-20-12-5-13-21-26/h2-21H,1H2. The van der Waals surface area contributed by atoms with Crippen LogP contribution < -0.4 is 0 Å². The van der Waals surface area contributed by atoms with Crippen LogP contribution >= 0.6 is 0 Å². The summed E-state index contributed by atoms with van der Waals surface area (Å²) in [5.74, 6) is -5.02. The van der Waals surface area contributed by atoms with Crippen LogP contribution in [0.5, 0.6) is 0 Å². The minimum absolute atomic E-state index is 0.0286. The van der Waals surface area contributed by atoms with Gasteiger partial charge in [-0.2, -0.15) is 0 Å². The molecule has 4 aromatic carbocycles. The molecule has 0 radical (unpaired) electrons. The smallest absolute Gasteiger partial charge is 0.267 e. The Bertz CT molecular complexity index is 1830. The van der Waals surface area contributed by atoms with E-state index in [-0.39, 0.29) is 28.3 Å². The van der Waals surface area contributed by atoms with Crippen LogP contribution in [0.25, 0.3) is 5.57 Å². The first-order valence-corrected chi connectivity index (χ1v) is 14.0. The number of hydrogen-bond donors (Lipinski definition) is 0. The Hall–Kier alpha value is -6.68. The van der Waals surface area contributed by atoms with Crippen LogP contribution in [0, 0.1) is 0 Å². The molecule has 0 N–H and O–H groups in total. The van der Waals surface area contributed by atoms with Crippen molar-refractivity contribution in [1.82, 2.24) is 29.9 Å². The van der Waals surface area contributed by atoms with E-state index in [1.807, 2.05) is 6.07 Å². The van der Waals surface area contributed by atoms with Gasteiger partial charge in [0.15, 0.2) is 5.82 Å². The third-order valence-corrected chi connectivity index (χ3v) is 6.79. The molecule has 0 aliphatic rings. The molecule has 0 amide bonds. The summed E-state index contributed by atoms with van der Waals surface area (Å²) in [6, 6.07) is 33.6. The molecule has 0 aliphatic heterocycles. The predicted molar refractivity (Wildman–Crippen MR) is 167 cm³/mol. The van der Waals surface area contributed by atoms with Crippen molar-refractivity contribution < 1.29 is 19.2 Å². The number of rotatable bonds is 10. The van der Waals surface area contributed by atoms with Crippen LogP contribution in [0.2, 0.25) is 0 Å². The molecule has 0 saturated heterocycles. The van der Waals surface area contributed by atoms with E-state index < -0.39 is 46.4 Å². The molecular formula is C36H22N6O4. The van der Waals surface area contributed by atoms with Crippen molar-refractivity contribution >= 4 is 28.7 Å². The van der Waals surface area contributed by atoms with Crippen LogP contribution in [-0.2, 0) is 0 Å². The van der Waals surface area contributed by atoms with Gasteiger partial charge >= 0.3 is 0 Å². The van der Waals surface area contributed by atoms with Gasteiger partial charge in [0.25, 0.3) is 5.78 Å². The molecule has 0 saturated carbocycles. The van der Waals surface area contributed by atoms with Gasteiger partial charge in [-0.05, 0) is 5.56 Å². The van der Waals surface area contributed by atoms with Crippen molar-refractivity contribution in [3.63, 3.8) is 0 Å². The summed E-state index contributed by atoms with van der Waals surface area (Å²) in [6.45, 7) is 4.08. The molecule has 0 aliphatic carbocycles. The Morgan fingerprint density at radius 1 is 0.326 bits per heavy atom. The van der Waals surface area contributed by atoms with E-state index in [1.54, 1.807) is 115 Å². The van der Waals surface area contributed by atoms with Gasteiger partial charge in [0.05, 0.1) is 0 Å². The fourth-order valence-corrected chi connectivity index (χ4v) is 4.42. The zero-order valence-corrected chi connectivity index (χ0v) is 24.1. The molecule has 10 heteroatoms. The third-order valence-electron chi connectivity index (χ3n) is 6.79. The molecule has 0 fully saturated rings. The molecule has 46 heavy (non-hydrogen) atoms. The molecule has 2 heterocycles. The maximum Gasteiger partial charge on any atom is 0.267 e. The Labute approximate surface area is 262 Å². The van der Waals surface area contributed by atoms with Crippen LogP contribution in [-0.4, -0.2) is 53.0 Å². The average molecular weight is 603 g/mol. The van der Waals surface area contributed by atoms with Gasteiger partial charge in [-0.15, -0.1) is 0 Å². The summed E-state index contributed by atoms with van der Waals surface area (Å²) < 4.78 is 0. The third kappa shape index (κ3) is 6.17. The fourth-order valence-electron chi connectivity index (χ4n) is 4.42. The summed E-state index contributed by atoms with van der Waals surface area (Å²) in [5, 5.41) is 0. The largest absolute Gasteiger partial charge is 0.285 e. The highest BCUT2D eigenvalue weighted by Gasteiger charge is 2.27. The van der Waals surface area contributed by atoms with Gasteiger partial charge in [0.1, 0.15) is 0 Å². The second kappa shape index (κ2) is 12.9. The Balaban J connectivity index is 1.49. The second-order valence-corrected chi connectivity index (χ2v) is 9.87. The van der Waals surface area contributed by atoms with E-state index in [4.69, 9.17) is 0 Å². The van der Waals surface area contributed by atoms with Crippen LogP contribution in [0.3, 0.4) is 0 Å². The minimum Gasteiger partial charge on any atom is -0.285 e. The molecule has 0 spiro atoms. The maximum atomic E-state index is 14.0. The second-order valence-electron chi connectivity index (χ2n) is 9.87. The molecule has 0 bridgehead atoms. The van der Waals surface area contributed by atoms with Gasteiger partial charge in [-0.3, -0.25) is 19.2 Å². The minimum atomic E-state index is -0.960. The Morgan fingerprint density at radius 3 is 0.870 bits per heavy atom. The molecule has 6 rings (SSSR count).